The van der Waals surface area contributed by atoms with E-state index in [2.05, 4.69) is 10.3 Å². The van der Waals surface area contributed by atoms with Crippen molar-refractivity contribution in [2.45, 2.75) is 52.6 Å². The average molecular weight is 462 g/mol. The van der Waals surface area contributed by atoms with Crippen molar-refractivity contribution in [3.63, 3.8) is 0 Å². The maximum atomic E-state index is 13.1. The molecular weight excluding hydrogens is 437 g/mol. The topological polar surface area (TPSA) is 78.2 Å². The summed E-state index contributed by atoms with van der Waals surface area (Å²) in [5, 5.41) is 2.93. The second-order valence-corrected chi connectivity index (χ2v) is 8.06. The van der Waals surface area contributed by atoms with Gasteiger partial charge in [0, 0.05) is 11.7 Å². The van der Waals surface area contributed by atoms with Crippen molar-refractivity contribution in [1.82, 2.24) is 14.1 Å². The molecule has 1 N–H and O–H groups in total. The van der Waals surface area contributed by atoms with Crippen molar-refractivity contribution in [3.8, 4) is 5.75 Å². The van der Waals surface area contributed by atoms with Gasteiger partial charge in [-0.25, -0.2) is 14.2 Å². The third kappa shape index (κ3) is 5.82. The molecule has 0 saturated heterocycles. The van der Waals surface area contributed by atoms with Crippen LogP contribution in [0.25, 0.3) is 0 Å². The summed E-state index contributed by atoms with van der Waals surface area (Å²) in [6, 6.07) is 11.0. The first-order valence-corrected chi connectivity index (χ1v) is 10.4. The van der Waals surface area contributed by atoms with E-state index in [4.69, 9.17) is 4.74 Å². The van der Waals surface area contributed by atoms with Crippen LogP contribution in [0.1, 0.15) is 44.9 Å². The van der Waals surface area contributed by atoms with Gasteiger partial charge in [-0.3, -0.25) is 4.57 Å². The Morgan fingerprint density at radius 1 is 1.03 bits per heavy atom. The minimum Gasteiger partial charge on any atom is -0.491 e. The molecule has 0 radical (unpaired) electrons. The Labute approximate surface area is 188 Å². The Balaban J connectivity index is 2.04. The van der Waals surface area contributed by atoms with E-state index in [1.54, 1.807) is 38.1 Å². The van der Waals surface area contributed by atoms with Gasteiger partial charge in [0.25, 0.3) is 0 Å². The predicted octanol–water partition coefficient (Wildman–Crippen LogP) is 4.58. The van der Waals surface area contributed by atoms with Gasteiger partial charge < -0.3 is 10.1 Å². The van der Waals surface area contributed by atoms with Crippen LogP contribution in [-0.2, 0) is 12.7 Å². The maximum Gasteiger partial charge on any atom is 0.416 e. The number of alkyl halides is 3. The molecule has 0 atom stereocenters. The van der Waals surface area contributed by atoms with Gasteiger partial charge in [0.15, 0.2) is 0 Å². The summed E-state index contributed by atoms with van der Waals surface area (Å²) >= 11 is 0. The Morgan fingerprint density at radius 2 is 1.70 bits per heavy atom. The quantitative estimate of drug-likeness (QED) is 0.556. The summed E-state index contributed by atoms with van der Waals surface area (Å²) in [4.78, 5) is 29.6. The van der Waals surface area contributed by atoms with Gasteiger partial charge in [-0.1, -0.05) is 12.1 Å². The van der Waals surface area contributed by atoms with Crippen molar-refractivity contribution in [2.75, 3.05) is 5.32 Å². The first kappa shape index (κ1) is 24.1. The summed E-state index contributed by atoms with van der Waals surface area (Å²) in [5.41, 5.74) is -1.49. The zero-order valence-corrected chi connectivity index (χ0v) is 18.7. The van der Waals surface area contributed by atoms with E-state index >= 15 is 0 Å². The van der Waals surface area contributed by atoms with Gasteiger partial charge in [-0.2, -0.15) is 18.2 Å². The number of hydrogen-bond acceptors (Lipinski definition) is 5. The van der Waals surface area contributed by atoms with E-state index in [-0.39, 0.29) is 24.2 Å². The number of aromatic nitrogens is 3. The largest absolute Gasteiger partial charge is 0.491 e. The fourth-order valence-electron chi connectivity index (χ4n) is 3.23. The van der Waals surface area contributed by atoms with Crippen LogP contribution < -0.4 is 21.4 Å². The Hall–Kier alpha value is -3.56. The van der Waals surface area contributed by atoms with Crippen LogP contribution in [0.2, 0.25) is 0 Å². The summed E-state index contributed by atoms with van der Waals surface area (Å²) in [7, 11) is 0. The summed E-state index contributed by atoms with van der Waals surface area (Å²) < 4.78 is 47.1. The third-order valence-corrected chi connectivity index (χ3v) is 4.69. The number of benzene rings is 2. The number of nitrogens with one attached hydrogen (secondary N) is 1. The van der Waals surface area contributed by atoms with Crippen LogP contribution in [0.15, 0.2) is 58.1 Å². The highest BCUT2D eigenvalue weighted by molar-refractivity contribution is 5.54. The van der Waals surface area contributed by atoms with E-state index < -0.39 is 29.2 Å². The van der Waals surface area contributed by atoms with Crippen molar-refractivity contribution in [1.29, 1.82) is 0 Å². The van der Waals surface area contributed by atoms with Crippen molar-refractivity contribution in [3.05, 3.63) is 80.6 Å². The van der Waals surface area contributed by atoms with Gasteiger partial charge in [0.1, 0.15) is 5.75 Å². The molecule has 3 aromatic rings. The normalized spacial score (nSPS) is 11.8. The minimum atomic E-state index is -4.52. The molecule has 1 aromatic heterocycles. The minimum absolute atomic E-state index is 0.00765. The maximum absolute atomic E-state index is 13.1. The molecule has 1 heterocycles. The van der Waals surface area contributed by atoms with E-state index in [0.29, 0.717) is 11.4 Å². The Morgan fingerprint density at radius 3 is 2.27 bits per heavy atom. The molecule has 0 aliphatic heterocycles. The van der Waals surface area contributed by atoms with Crippen molar-refractivity contribution < 1.29 is 17.9 Å². The van der Waals surface area contributed by atoms with E-state index in [1.165, 1.54) is 12.1 Å². The molecule has 2 aromatic carbocycles. The smallest absolute Gasteiger partial charge is 0.416 e. The molecule has 0 saturated carbocycles. The molecule has 0 unspecified atom stereocenters. The fraction of sp³-hybridized carbons (Fsp3) is 0.348. The molecule has 0 bridgehead atoms. The zero-order valence-electron chi connectivity index (χ0n) is 18.7. The predicted molar refractivity (Wildman–Crippen MR) is 119 cm³/mol. The highest BCUT2D eigenvalue weighted by atomic mass is 19.4. The molecule has 0 fully saturated rings. The number of halogens is 3. The van der Waals surface area contributed by atoms with Crippen LogP contribution in [0.3, 0.4) is 0 Å². The highest BCUT2D eigenvalue weighted by Gasteiger charge is 2.30. The number of anilines is 2. The fourth-order valence-corrected chi connectivity index (χ4v) is 3.23. The second-order valence-electron chi connectivity index (χ2n) is 8.06. The average Bonchev–Trinajstić information content (AvgIpc) is 2.71. The molecule has 176 valence electrons. The van der Waals surface area contributed by atoms with Gasteiger partial charge in [-0.05, 0) is 69.7 Å². The van der Waals surface area contributed by atoms with Gasteiger partial charge in [0.2, 0.25) is 5.95 Å². The summed E-state index contributed by atoms with van der Waals surface area (Å²) in [5.74, 6) is 0.567. The lowest BCUT2D eigenvalue weighted by Crippen LogP contribution is -2.43. The molecule has 7 nitrogen and oxygen atoms in total. The summed E-state index contributed by atoms with van der Waals surface area (Å²) in [6.45, 7) is 6.89. The molecule has 0 amide bonds. The first-order valence-electron chi connectivity index (χ1n) is 10.4. The molecule has 0 aliphatic carbocycles. The third-order valence-electron chi connectivity index (χ3n) is 4.69. The van der Waals surface area contributed by atoms with Crippen LogP contribution >= 0.6 is 0 Å². The SMILES string of the molecule is CC(C)Oc1ccc(Nc2nc(=O)n(C(C)C)c(=O)n2Cc2cccc(C(F)(F)F)c2)cc1. The lowest BCUT2D eigenvalue weighted by molar-refractivity contribution is -0.137. The first-order chi connectivity index (χ1) is 15.5. The van der Waals surface area contributed by atoms with E-state index in [9.17, 15) is 22.8 Å². The Bertz CT molecular complexity index is 1230. The molecule has 0 spiro atoms. The number of rotatable bonds is 7. The lowest BCUT2D eigenvalue weighted by Gasteiger charge is -2.18. The molecule has 0 aliphatic rings. The number of nitrogens with zero attached hydrogens (tertiary/aromatic N) is 3. The molecule has 10 heteroatoms. The molecule has 3 rings (SSSR count). The number of ether oxygens (including phenoxy) is 1. The van der Waals surface area contributed by atoms with E-state index in [1.807, 2.05) is 13.8 Å². The lowest BCUT2D eigenvalue weighted by atomic mass is 10.1. The van der Waals surface area contributed by atoms with Crippen molar-refractivity contribution >= 4 is 11.6 Å². The molecule has 33 heavy (non-hydrogen) atoms. The van der Waals surface area contributed by atoms with Gasteiger partial charge >= 0.3 is 17.6 Å². The second kappa shape index (κ2) is 9.51. The van der Waals surface area contributed by atoms with E-state index in [0.717, 1.165) is 21.3 Å². The van der Waals surface area contributed by atoms with Crippen LogP contribution in [-0.4, -0.2) is 20.2 Å². The van der Waals surface area contributed by atoms with Crippen LogP contribution in [0, 0.1) is 0 Å². The van der Waals surface area contributed by atoms with Crippen LogP contribution in [0.4, 0.5) is 24.8 Å². The van der Waals surface area contributed by atoms with Crippen LogP contribution in [0.5, 0.6) is 5.75 Å². The molecular formula is C23H25F3N4O3. The standard InChI is InChI=1S/C23H25F3N4O3/c1-14(2)30-21(31)28-20(27-18-8-10-19(11-9-18)33-15(3)4)29(22(30)32)13-16-6-5-7-17(12-16)23(24,25)26/h5-12,14-15H,13H2,1-4H3,(H,27,28,31). The van der Waals surface area contributed by atoms with Gasteiger partial charge in [0.05, 0.1) is 18.2 Å². The monoisotopic (exact) mass is 462 g/mol. The highest BCUT2D eigenvalue weighted by Crippen LogP contribution is 2.29. The Kier molecular flexibility index (Phi) is 6.95. The van der Waals surface area contributed by atoms with Crippen molar-refractivity contribution in [2.24, 2.45) is 0 Å². The zero-order chi connectivity index (χ0) is 24.3. The summed E-state index contributed by atoms with van der Waals surface area (Å²) in [6.07, 6.45) is -4.52. The number of hydrogen-bond donors (Lipinski definition) is 1. The van der Waals surface area contributed by atoms with Gasteiger partial charge in [-0.15, -0.1) is 0 Å².